The first-order valence-corrected chi connectivity index (χ1v) is 8.73. The SMILES string of the molecule is COC(CNC(=O)N1CCC(c2nncn2C)CC1)c1ccc(F)cc1. The van der Waals surface area contributed by atoms with Gasteiger partial charge in [-0.3, -0.25) is 0 Å². The van der Waals surface area contributed by atoms with Crippen LogP contribution in [0.3, 0.4) is 0 Å². The summed E-state index contributed by atoms with van der Waals surface area (Å²) in [6.07, 6.45) is 3.13. The number of hydrogen-bond acceptors (Lipinski definition) is 4. The topological polar surface area (TPSA) is 72.3 Å². The Labute approximate surface area is 152 Å². The molecule has 2 heterocycles. The summed E-state index contributed by atoms with van der Waals surface area (Å²) in [5.74, 6) is 1.01. The molecule has 1 aromatic carbocycles. The van der Waals surface area contributed by atoms with Crippen LogP contribution in [0.15, 0.2) is 30.6 Å². The summed E-state index contributed by atoms with van der Waals surface area (Å²) in [6.45, 7) is 1.69. The number of halogens is 1. The van der Waals surface area contributed by atoms with Crippen molar-refractivity contribution in [3.8, 4) is 0 Å². The van der Waals surface area contributed by atoms with Gasteiger partial charge in [-0.2, -0.15) is 0 Å². The zero-order valence-electron chi connectivity index (χ0n) is 15.1. The summed E-state index contributed by atoms with van der Waals surface area (Å²) >= 11 is 0. The van der Waals surface area contributed by atoms with Gasteiger partial charge in [0, 0.05) is 39.7 Å². The minimum atomic E-state index is -0.310. The number of benzene rings is 1. The molecule has 0 radical (unpaired) electrons. The molecular formula is C18H24FN5O2. The molecule has 26 heavy (non-hydrogen) atoms. The van der Waals surface area contributed by atoms with E-state index in [-0.39, 0.29) is 18.0 Å². The van der Waals surface area contributed by atoms with Crippen LogP contribution in [0.25, 0.3) is 0 Å². The molecule has 0 aliphatic carbocycles. The number of urea groups is 1. The molecule has 1 fully saturated rings. The molecule has 1 aromatic heterocycles. The van der Waals surface area contributed by atoms with E-state index >= 15 is 0 Å². The van der Waals surface area contributed by atoms with Crippen LogP contribution in [0.5, 0.6) is 0 Å². The van der Waals surface area contributed by atoms with Crippen LogP contribution in [-0.2, 0) is 11.8 Å². The van der Waals surface area contributed by atoms with E-state index in [0.29, 0.717) is 25.6 Å². The zero-order valence-corrected chi connectivity index (χ0v) is 15.1. The lowest BCUT2D eigenvalue weighted by molar-refractivity contribution is 0.100. The van der Waals surface area contributed by atoms with Gasteiger partial charge < -0.3 is 19.5 Å². The van der Waals surface area contributed by atoms with Crippen molar-refractivity contribution in [1.29, 1.82) is 0 Å². The summed E-state index contributed by atoms with van der Waals surface area (Å²) in [6, 6.07) is 6.01. The number of hydrogen-bond donors (Lipinski definition) is 1. The molecule has 1 unspecified atom stereocenters. The van der Waals surface area contributed by atoms with Gasteiger partial charge >= 0.3 is 6.03 Å². The molecule has 0 bridgehead atoms. The van der Waals surface area contributed by atoms with Gasteiger partial charge in [-0.05, 0) is 30.5 Å². The lowest BCUT2D eigenvalue weighted by atomic mass is 9.96. The number of nitrogens with one attached hydrogen (secondary N) is 1. The largest absolute Gasteiger partial charge is 0.375 e. The summed E-state index contributed by atoms with van der Waals surface area (Å²) in [7, 11) is 3.52. The summed E-state index contributed by atoms with van der Waals surface area (Å²) in [5, 5.41) is 11.0. The van der Waals surface area contributed by atoms with Crippen molar-refractivity contribution in [1.82, 2.24) is 25.0 Å². The standard InChI is InChI=1S/C18H24FN5O2/c1-23-12-21-22-17(23)14-7-9-24(10-8-14)18(25)20-11-16(26-2)13-3-5-15(19)6-4-13/h3-6,12,14,16H,7-11H2,1-2H3,(H,20,25). The molecule has 140 valence electrons. The first-order valence-electron chi connectivity index (χ1n) is 8.73. The highest BCUT2D eigenvalue weighted by atomic mass is 19.1. The lowest BCUT2D eigenvalue weighted by Gasteiger charge is -2.32. The van der Waals surface area contributed by atoms with Gasteiger partial charge in [0.05, 0.1) is 6.10 Å². The van der Waals surface area contributed by atoms with Gasteiger partial charge in [0.25, 0.3) is 0 Å². The second kappa shape index (κ2) is 8.27. The number of ether oxygens (including phenoxy) is 1. The number of aromatic nitrogens is 3. The molecule has 2 amide bonds. The Kier molecular flexibility index (Phi) is 5.82. The zero-order chi connectivity index (χ0) is 18.5. The van der Waals surface area contributed by atoms with E-state index in [1.54, 1.807) is 25.6 Å². The van der Waals surface area contributed by atoms with Crippen molar-refractivity contribution in [2.24, 2.45) is 7.05 Å². The van der Waals surface area contributed by atoms with Crippen molar-refractivity contribution in [3.05, 3.63) is 47.8 Å². The van der Waals surface area contributed by atoms with Crippen LogP contribution in [-0.4, -0.2) is 52.4 Å². The fourth-order valence-electron chi connectivity index (χ4n) is 3.31. The first kappa shape index (κ1) is 18.3. The van der Waals surface area contributed by atoms with Crippen LogP contribution in [0.1, 0.15) is 36.3 Å². The highest BCUT2D eigenvalue weighted by Crippen LogP contribution is 2.26. The first-order chi connectivity index (χ1) is 12.6. The fourth-order valence-corrected chi connectivity index (χ4v) is 3.31. The van der Waals surface area contributed by atoms with Crippen LogP contribution in [0.2, 0.25) is 0 Å². The van der Waals surface area contributed by atoms with E-state index in [2.05, 4.69) is 15.5 Å². The third kappa shape index (κ3) is 4.19. The Bertz CT molecular complexity index is 725. The molecule has 1 saturated heterocycles. The van der Waals surface area contributed by atoms with E-state index in [4.69, 9.17) is 4.74 Å². The summed E-state index contributed by atoms with van der Waals surface area (Å²) in [4.78, 5) is 14.2. The van der Waals surface area contributed by atoms with Gasteiger partial charge in [0.1, 0.15) is 18.0 Å². The van der Waals surface area contributed by atoms with Gasteiger partial charge in [0.15, 0.2) is 0 Å². The van der Waals surface area contributed by atoms with Crippen molar-refractivity contribution >= 4 is 6.03 Å². The third-order valence-electron chi connectivity index (χ3n) is 4.86. The van der Waals surface area contributed by atoms with Gasteiger partial charge in [0.2, 0.25) is 0 Å². The van der Waals surface area contributed by atoms with Gasteiger partial charge in [-0.15, -0.1) is 10.2 Å². The Hall–Kier alpha value is -2.48. The van der Waals surface area contributed by atoms with E-state index in [1.807, 2.05) is 16.5 Å². The molecule has 0 saturated carbocycles. The maximum atomic E-state index is 13.0. The fraction of sp³-hybridized carbons (Fsp3) is 0.500. The highest BCUT2D eigenvalue weighted by molar-refractivity contribution is 5.74. The highest BCUT2D eigenvalue weighted by Gasteiger charge is 2.26. The number of aryl methyl sites for hydroxylation is 1. The predicted molar refractivity (Wildman–Crippen MR) is 94.1 cm³/mol. The predicted octanol–water partition coefficient (Wildman–Crippen LogP) is 2.23. The van der Waals surface area contributed by atoms with E-state index < -0.39 is 0 Å². The summed E-state index contributed by atoms with van der Waals surface area (Å²) < 4.78 is 20.4. The number of piperidine rings is 1. The van der Waals surface area contributed by atoms with Crippen LogP contribution in [0.4, 0.5) is 9.18 Å². The van der Waals surface area contributed by atoms with Crippen molar-refractivity contribution in [3.63, 3.8) is 0 Å². The smallest absolute Gasteiger partial charge is 0.317 e. The van der Waals surface area contributed by atoms with Crippen molar-refractivity contribution < 1.29 is 13.9 Å². The van der Waals surface area contributed by atoms with E-state index in [0.717, 1.165) is 24.2 Å². The molecule has 1 N–H and O–H groups in total. The Morgan fingerprint density at radius 1 is 1.35 bits per heavy atom. The van der Waals surface area contributed by atoms with E-state index in [1.165, 1.54) is 12.1 Å². The second-order valence-electron chi connectivity index (χ2n) is 6.52. The molecule has 3 rings (SSSR count). The normalized spacial score (nSPS) is 16.5. The number of carbonyl (C=O) groups is 1. The number of carbonyl (C=O) groups excluding carboxylic acids is 1. The van der Waals surface area contributed by atoms with Crippen LogP contribution in [0, 0.1) is 5.82 Å². The molecule has 8 heteroatoms. The van der Waals surface area contributed by atoms with Crippen LogP contribution < -0.4 is 5.32 Å². The average molecular weight is 361 g/mol. The van der Waals surface area contributed by atoms with Gasteiger partial charge in [-0.1, -0.05) is 12.1 Å². The second-order valence-corrected chi connectivity index (χ2v) is 6.52. The quantitative estimate of drug-likeness (QED) is 0.886. The Balaban J connectivity index is 1.49. The molecule has 7 nitrogen and oxygen atoms in total. The maximum Gasteiger partial charge on any atom is 0.317 e. The maximum absolute atomic E-state index is 13.0. The number of rotatable bonds is 5. The van der Waals surface area contributed by atoms with E-state index in [9.17, 15) is 9.18 Å². The third-order valence-corrected chi connectivity index (χ3v) is 4.86. The molecule has 0 spiro atoms. The average Bonchev–Trinajstić information content (AvgIpc) is 3.09. The monoisotopic (exact) mass is 361 g/mol. The minimum absolute atomic E-state index is 0.106. The molecule has 2 aromatic rings. The minimum Gasteiger partial charge on any atom is -0.375 e. The van der Waals surface area contributed by atoms with Crippen molar-refractivity contribution in [2.45, 2.75) is 24.9 Å². The number of likely N-dealkylation sites (tertiary alicyclic amines) is 1. The lowest BCUT2D eigenvalue weighted by Crippen LogP contribution is -2.45. The summed E-state index contributed by atoms with van der Waals surface area (Å²) in [5.41, 5.74) is 0.829. The van der Waals surface area contributed by atoms with Gasteiger partial charge in [-0.25, -0.2) is 9.18 Å². The molecule has 1 aliphatic heterocycles. The van der Waals surface area contributed by atoms with Crippen molar-refractivity contribution in [2.75, 3.05) is 26.7 Å². The van der Waals surface area contributed by atoms with Crippen LogP contribution >= 0.6 is 0 Å². The number of amides is 2. The number of methoxy groups -OCH3 is 1. The Morgan fingerprint density at radius 2 is 2.04 bits per heavy atom. The Morgan fingerprint density at radius 3 is 2.62 bits per heavy atom. The molecular weight excluding hydrogens is 337 g/mol. The molecule has 1 atom stereocenters. The number of nitrogens with zero attached hydrogens (tertiary/aromatic N) is 4. The molecule has 1 aliphatic rings.